The van der Waals surface area contributed by atoms with E-state index in [1.807, 2.05) is 59.5 Å². The normalized spacial score (nSPS) is 17.8. The van der Waals surface area contributed by atoms with Crippen molar-refractivity contribution < 1.29 is 14.3 Å². The maximum absolute atomic E-state index is 13.7. The number of ether oxygens (including phenoxy) is 2. The van der Waals surface area contributed by atoms with E-state index in [1.165, 1.54) is 31.0 Å². The monoisotopic (exact) mass is 492 g/mol. The Balaban J connectivity index is 1.55. The lowest BCUT2D eigenvalue weighted by Crippen LogP contribution is -2.42. The number of thioether (sulfide) groups is 1. The van der Waals surface area contributed by atoms with Crippen LogP contribution in [0.15, 0.2) is 59.8 Å². The molecule has 1 aromatic heterocycles. The summed E-state index contributed by atoms with van der Waals surface area (Å²) in [5.74, 6) is 1.68. The maximum atomic E-state index is 13.7. The van der Waals surface area contributed by atoms with E-state index in [2.05, 4.69) is 14.8 Å². The number of rotatable bonds is 7. The lowest BCUT2D eigenvalue weighted by molar-refractivity contribution is -0.134. The number of hydrogen-bond donors (Lipinski definition) is 0. The molecular formula is C27H32N4O3S. The Morgan fingerprint density at radius 3 is 2.46 bits per heavy atom. The fourth-order valence-corrected chi connectivity index (χ4v) is 6.17. The van der Waals surface area contributed by atoms with Crippen molar-refractivity contribution in [1.82, 2.24) is 19.7 Å². The molecule has 1 atom stereocenters. The van der Waals surface area contributed by atoms with Crippen LogP contribution in [0.5, 0.6) is 5.75 Å². The molecule has 8 heteroatoms. The molecule has 0 unspecified atom stereocenters. The van der Waals surface area contributed by atoms with Gasteiger partial charge in [-0.3, -0.25) is 9.36 Å². The summed E-state index contributed by atoms with van der Waals surface area (Å²) >= 11 is 1.51. The zero-order valence-corrected chi connectivity index (χ0v) is 21.0. The van der Waals surface area contributed by atoms with Crippen molar-refractivity contribution in [2.24, 2.45) is 0 Å². The second-order valence-corrected chi connectivity index (χ2v) is 10.1. The predicted octanol–water partition coefficient (Wildman–Crippen LogP) is 5.15. The first-order chi connectivity index (χ1) is 17.3. The number of benzene rings is 2. The Labute approximate surface area is 210 Å². The van der Waals surface area contributed by atoms with Crippen LogP contribution in [0.1, 0.15) is 49.0 Å². The van der Waals surface area contributed by atoms with Crippen LogP contribution < -0.4 is 4.74 Å². The first kappa shape index (κ1) is 23.9. The number of nitrogens with zero attached hydrogens (tertiary/aromatic N) is 4. The molecule has 0 spiro atoms. The third-order valence-corrected chi connectivity index (χ3v) is 8.02. The molecule has 2 aromatic carbocycles. The molecule has 1 aliphatic carbocycles. The summed E-state index contributed by atoms with van der Waals surface area (Å²) in [7, 11) is 1.68. The van der Waals surface area contributed by atoms with Crippen LogP contribution in [0.3, 0.4) is 0 Å². The first-order valence-corrected chi connectivity index (χ1v) is 13.3. The molecule has 2 fully saturated rings. The van der Waals surface area contributed by atoms with E-state index in [1.54, 1.807) is 7.11 Å². The van der Waals surface area contributed by atoms with Crippen LogP contribution in [-0.4, -0.2) is 59.0 Å². The van der Waals surface area contributed by atoms with Gasteiger partial charge in [-0.15, -0.1) is 10.2 Å². The fraction of sp³-hybridized carbons (Fsp3) is 0.444. The van der Waals surface area contributed by atoms with Crippen LogP contribution in [0.25, 0.3) is 11.4 Å². The second kappa shape index (κ2) is 11.3. The fourth-order valence-electron chi connectivity index (χ4n) is 4.98. The van der Waals surface area contributed by atoms with Gasteiger partial charge in [0.1, 0.15) is 11.0 Å². The number of amides is 1. The summed E-state index contributed by atoms with van der Waals surface area (Å²) in [5.41, 5.74) is 1.90. The Morgan fingerprint density at radius 2 is 1.71 bits per heavy atom. The number of hydrogen-bond acceptors (Lipinski definition) is 6. The second-order valence-electron chi connectivity index (χ2n) is 9.01. The minimum atomic E-state index is -0.397. The molecule has 1 saturated carbocycles. The Kier molecular flexibility index (Phi) is 7.69. The Hall–Kier alpha value is -2.84. The topological polar surface area (TPSA) is 69.5 Å². The van der Waals surface area contributed by atoms with Crippen LogP contribution >= 0.6 is 11.8 Å². The van der Waals surface area contributed by atoms with E-state index < -0.39 is 5.25 Å². The van der Waals surface area contributed by atoms with Gasteiger partial charge in [0.15, 0.2) is 11.0 Å². The van der Waals surface area contributed by atoms with E-state index >= 15 is 0 Å². The van der Waals surface area contributed by atoms with Gasteiger partial charge in [-0.25, -0.2) is 0 Å². The third-order valence-electron chi connectivity index (χ3n) is 6.82. The zero-order valence-electron chi connectivity index (χ0n) is 20.1. The van der Waals surface area contributed by atoms with Crippen molar-refractivity contribution >= 4 is 17.7 Å². The average molecular weight is 493 g/mol. The molecule has 0 N–H and O–H groups in total. The summed E-state index contributed by atoms with van der Waals surface area (Å²) in [4.78, 5) is 15.7. The predicted molar refractivity (Wildman–Crippen MR) is 137 cm³/mol. The van der Waals surface area contributed by atoms with E-state index in [4.69, 9.17) is 9.47 Å². The molecule has 1 aliphatic heterocycles. The molecule has 2 heterocycles. The van der Waals surface area contributed by atoms with Crippen LogP contribution in [-0.2, 0) is 9.53 Å². The molecule has 0 radical (unpaired) electrons. The van der Waals surface area contributed by atoms with Gasteiger partial charge >= 0.3 is 0 Å². The van der Waals surface area contributed by atoms with Crippen molar-refractivity contribution in [3.63, 3.8) is 0 Å². The molecule has 1 saturated heterocycles. The highest BCUT2D eigenvalue weighted by molar-refractivity contribution is 8.00. The van der Waals surface area contributed by atoms with E-state index in [0.717, 1.165) is 40.7 Å². The molecule has 5 rings (SSSR count). The molecule has 1 amide bonds. The van der Waals surface area contributed by atoms with Gasteiger partial charge in [-0.2, -0.15) is 0 Å². The number of morpholine rings is 1. The van der Waals surface area contributed by atoms with E-state index in [9.17, 15) is 4.79 Å². The number of carbonyl (C=O) groups excluding carboxylic acids is 1. The Morgan fingerprint density at radius 1 is 1.00 bits per heavy atom. The van der Waals surface area contributed by atoms with Crippen molar-refractivity contribution in [2.45, 2.75) is 48.6 Å². The highest BCUT2D eigenvalue weighted by Gasteiger charge is 2.32. The van der Waals surface area contributed by atoms with Gasteiger partial charge in [0.05, 0.1) is 25.9 Å². The molecule has 35 heavy (non-hydrogen) atoms. The van der Waals surface area contributed by atoms with Gasteiger partial charge in [-0.1, -0.05) is 73.5 Å². The zero-order chi connectivity index (χ0) is 24.0. The largest absolute Gasteiger partial charge is 0.496 e. The molecule has 2 aliphatic rings. The minimum absolute atomic E-state index is 0.0986. The maximum Gasteiger partial charge on any atom is 0.240 e. The van der Waals surface area contributed by atoms with Gasteiger partial charge in [0.25, 0.3) is 0 Å². The van der Waals surface area contributed by atoms with Crippen molar-refractivity contribution in [2.75, 3.05) is 33.4 Å². The molecular weight excluding hydrogens is 460 g/mol. The van der Waals surface area contributed by atoms with Gasteiger partial charge < -0.3 is 14.4 Å². The highest BCUT2D eigenvalue weighted by atomic mass is 32.2. The summed E-state index contributed by atoms with van der Waals surface area (Å²) < 4.78 is 13.4. The highest BCUT2D eigenvalue weighted by Crippen LogP contribution is 2.42. The first-order valence-electron chi connectivity index (χ1n) is 12.4. The summed E-state index contributed by atoms with van der Waals surface area (Å²) in [6.07, 6.45) is 5.80. The number of para-hydroxylation sites is 1. The van der Waals surface area contributed by atoms with Crippen molar-refractivity contribution in [3.8, 4) is 17.1 Å². The lowest BCUT2D eigenvalue weighted by atomic mass is 9.95. The summed E-state index contributed by atoms with van der Waals surface area (Å²) in [6, 6.07) is 18.3. The SMILES string of the molecule is COc1ccccc1-c1nnc(S[C@H](C(=O)N2CCOCC2)c2ccccc2)n1C1CCCCC1. The van der Waals surface area contributed by atoms with Crippen molar-refractivity contribution in [1.29, 1.82) is 0 Å². The number of carbonyl (C=O) groups is 1. The summed E-state index contributed by atoms with van der Waals surface area (Å²) in [6.45, 7) is 2.39. The number of methoxy groups -OCH3 is 1. The molecule has 0 bridgehead atoms. The quantitative estimate of drug-likeness (QED) is 0.425. The summed E-state index contributed by atoms with van der Waals surface area (Å²) in [5, 5.41) is 9.71. The lowest BCUT2D eigenvalue weighted by Gasteiger charge is -2.31. The molecule has 7 nitrogen and oxygen atoms in total. The van der Waals surface area contributed by atoms with Crippen LogP contribution in [0.2, 0.25) is 0 Å². The van der Waals surface area contributed by atoms with Gasteiger partial charge in [0.2, 0.25) is 5.91 Å². The average Bonchev–Trinajstić information content (AvgIpc) is 3.36. The van der Waals surface area contributed by atoms with Crippen molar-refractivity contribution in [3.05, 3.63) is 60.2 Å². The molecule has 184 valence electrons. The minimum Gasteiger partial charge on any atom is -0.496 e. The standard InChI is InChI=1S/C27H32N4O3S/c1-33-23-15-9-8-14-22(23)25-28-29-27(31(25)21-12-6-3-7-13-21)35-24(20-10-4-2-5-11-20)26(32)30-16-18-34-19-17-30/h2,4-5,8-11,14-15,21,24H,3,6-7,12-13,16-19H2,1H3/t24-/m0/s1. The third kappa shape index (κ3) is 5.23. The van der Waals surface area contributed by atoms with E-state index in [-0.39, 0.29) is 5.91 Å². The van der Waals surface area contributed by atoms with E-state index in [0.29, 0.717) is 32.3 Å². The van der Waals surface area contributed by atoms with Gasteiger partial charge in [-0.05, 0) is 30.5 Å². The van der Waals surface area contributed by atoms with Gasteiger partial charge in [0, 0.05) is 19.1 Å². The Bertz CT molecular complexity index is 1120. The number of aromatic nitrogens is 3. The molecule has 3 aromatic rings. The van der Waals surface area contributed by atoms with Crippen LogP contribution in [0, 0.1) is 0 Å². The van der Waals surface area contributed by atoms with Crippen LogP contribution in [0.4, 0.5) is 0 Å². The smallest absolute Gasteiger partial charge is 0.240 e.